The lowest BCUT2D eigenvalue weighted by Crippen LogP contribution is -2.42. The summed E-state index contributed by atoms with van der Waals surface area (Å²) in [6, 6.07) is 0. The molecule has 0 saturated carbocycles. The average Bonchev–Trinajstić information content (AvgIpc) is 2.93. The molecule has 0 unspecified atom stereocenters. The molecule has 4 rings (SSSR count). The summed E-state index contributed by atoms with van der Waals surface area (Å²) >= 11 is 8.03. The Morgan fingerprint density at radius 2 is 1.95 bits per heavy atom. The van der Waals surface area contributed by atoms with Crippen LogP contribution in [0.15, 0.2) is 6.33 Å². The summed E-state index contributed by atoms with van der Waals surface area (Å²) in [5, 5.41) is 1.68. The molecule has 0 atom stereocenters. The van der Waals surface area contributed by atoms with Gasteiger partial charge in [-0.2, -0.15) is 0 Å². The fraction of sp³-hybridized carbons (Fsp3) is 0.600. The van der Waals surface area contributed by atoms with Crippen LogP contribution in [0.1, 0.15) is 10.4 Å². The molecule has 2 aliphatic rings. The topological polar surface area (TPSA) is 41.5 Å². The molecular weight excluding hydrogens is 320 g/mol. The van der Waals surface area contributed by atoms with Crippen molar-refractivity contribution in [1.29, 1.82) is 0 Å². The molecule has 1 saturated heterocycles. The second-order valence-electron chi connectivity index (χ2n) is 5.83. The molecular formula is C15H19ClN4OS. The molecule has 2 aromatic rings. The van der Waals surface area contributed by atoms with Crippen LogP contribution in [-0.2, 0) is 17.7 Å². The zero-order valence-electron chi connectivity index (χ0n) is 12.4. The first-order valence-electron chi connectivity index (χ1n) is 7.74. The molecule has 4 heterocycles. The predicted octanol–water partition coefficient (Wildman–Crippen LogP) is 2.04. The van der Waals surface area contributed by atoms with Crippen molar-refractivity contribution < 1.29 is 4.74 Å². The molecule has 118 valence electrons. The molecule has 5 nitrogen and oxygen atoms in total. The largest absolute Gasteiger partial charge is 0.379 e. The van der Waals surface area contributed by atoms with Gasteiger partial charge < -0.3 is 4.74 Å². The number of nitrogens with zero attached hydrogens (tertiary/aromatic N) is 4. The van der Waals surface area contributed by atoms with Gasteiger partial charge in [0.1, 0.15) is 16.3 Å². The van der Waals surface area contributed by atoms with Crippen LogP contribution < -0.4 is 0 Å². The average molecular weight is 339 g/mol. The van der Waals surface area contributed by atoms with Crippen LogP contribution in [-0.4, -0.2) is 65.7 Å². The summed E-state index contributed by atoms with van der Waals surface area (Å²) in [5.41, 5.74) is 1.37. The quantitative estimate of drug-likeness (QED) is 0.801. The van der Waals surface area contributed by atoms with E-state index in [0.717, 1.165) is 69.1 Å². The third-order valence-corrected chi connectivity index (χ3v) is 5.92. The fourth-order valence-electron chi connectivity index (χ4n) is 3.24. The number of hydrogen-bond donors (Lipinski definition) is 0. The summed E-state index contributed by atoms with van der Waals surface area (Å²) < 4.78 is 5.40. The van der Waals surface area contributed by atoms with Crippen molar-refractivity contribution in [1.82, 2.24) is 19.8 Å². The van der Waals surface area contributed by atoms with Gasteiger partial charge in [0.25, 0.3) is 0 Å². The number of fused-ring (bicyclic) bond motifs is 3. The maximum Gasteiger partial charge on any atom is 0.141 e. The Bertz CT molecular complexity index is 671. The van der Waals surface area contributed by atoms with Crippen molar-refractivity contribution in [2.75, 3.05) is 45.9 Å². The lowest BCUT2D eigenvalue weighted by atomic mass is 10.1. The molecule has 0 radical (unpaired) electrons. The highest BCUT2D eigenvalue weighted by atomic mass is 35.5. The smallest absolute Gasteiger partial charge is 0.141 e. The van der Waals surface area contributed by atoms with E-state index in [-0.39, 0.29) is 0 Å². The normalized spacial score (nSPS) is 20.4. The second-order valence-corrected chi connectivity index (χ2v) is 7.27. The first-order chi connectivity index (χ1) is 10.8. The summed E-state index contributed by atoms with van der Waals surface area (Å²) in [5.74, 6) is 0. The second kappa shape index (κ2) is 6.37. The van der Waals surface area contributed by atoms with Gasteiger partial charge in [0.05, 0.1) is 18.6 Å². The van der Waals surface area contributed by atoms with Crippen LogP contribution in [0.25, 0.3) is 10.2 Å². The van der Waals surface area contributed by atoms with Crippen LogP contribution in [0.5, 0.6) is 0 Å². The minimum atomic E-state index is 0.601. The van der Waals surface area contributed by atoms with E-state index in [0.29, 0.717) is 5.15 Å². The van der Waals surface area contributed by atoms with Gasteiger partial charge in [-0.3, -0.25) is 9.80 Å². The van der Waals surface area contributed by atoms with Crippen molar-refractivity contribution in [3.05, 3.63) is 21.9 Å². The molecule has 22 heavy (non-hydrogen) atoms. The predicted molar refractivity (Wildman–Crippen MR) is 88.7 cm³/mol. The Morgan fingerprint density at radius 3 is 2.82 bits per heavy atom. The lowest BCUT2D eigenvalue weighted by molar-refractivity contribution is 0.0327. The number of hydrogen-bond acceptors (Lipinski definition) is 6. The number of thiophene rings is 1. The van der Waals surface area contributed by atoms with Crippen LogP contribution in [0, 0.1) is 0 Å². The Labute approximate surface area is 138 Å². The van der Waals surface area contributed by atoms with E-state index in [2.05, 4.69) is 19.8 Å². The van der Waals surface area contributed by atoms with Crippen LogP contribution in [0.4, 0.5) is 0 Å². The van der Waals surface area contributed by atoms with E-state index in [9.17, 15) is 0 Å². The lowest BCUT2D eigenvalue weighted by Gasteiger charge is -2.31. The maximum absolute atomic E-state index is 6.26. The van der Waals surface area contributed by atoms with Gasteiger partial charge in [-0.1, -0.05) is 11.6 Å². The van der Waals surface area contributed by atoms with Crippen molar-refractivity contribution in [2.24, 2.45) is 0 Å². The van der Waals surface area contributed by atoms with Crippen molar-refractivity contribution in [3.63, 3.8) is 0 Å². The van der Waals surface area contributed by atoms with Crippen LogP contribution >= 0.6 is 22.9 Å². The van der Waals surface area contributed by atoms with E-state index < -0.39 is 0 Å². The standard InChI is InChI=1S/C15H19ClN4OS/c16-14-13-11-1-2-20(4-3-19-5-7-21-8-6-19)9-12(11)22-15(13)18-10-17-14/h10H,1-9H2. The Balaban J connectivity index is 1.45. The number of halogens is 1. The fourth-order valence-corrected chi connectivity index (χ4v) is 4.77. The number of aromatic nitrogens is 2. The van der Waals surface area contributed by atoms with Gasteiger partial charge in [0, 0.05) is 44.1 Å². The van der Waals surface area contributed by atoms with Gasteiger partial charge in [-0.25, -0.2) is 9.97 Å². The van der Waals surface area contributed by atoms with Gasteiger partial charge in [0.15, 0.2) is 0 Å². The highest BCUT2D eigenvalue weighted by Gasteiger charge is 2.23. The summed E-state index contributed by atoms with van der Waals surface area (Å²) in [6.07, 6.45) is 2.61. The zero-order valence-corrected chi connectivity index (χ0v) is 14.0. The number of rotatable bonds is 3. The van der Waals surface area contributed by atoms with E-state index in [4.69, 9.17) is 16.3 Å². The molecule has 0 N–H and O–H groups in total. The van der Waals surface area contributed by atoms with Crippen molar-refractivity contribution >= 4 is 33.2 Å². The van der Waals surface area contributed by atoms with Crippen molar-refractivity contribution in [2.45, 2.75) is 13.0 Å². The molecule has 0 aromatic carbocycles. The third kappa shape index (κ3) is 2.86. The first-order valence-corrected chi connectivity index (χ1v) is 8.94. The van der Waals surface area contributed by atoms with Gasteiger partial charge in [0.2, 0.25) is 0 Å². The minimum absolute atomic E-state index is 0.601. The monoisotopic (exact) mass is 338 g/mol. The highest BCUT2D eigenvalue weighted by molar-refractivity contribution is 7.19. The maximum atomic E-state index is 6.26. The Morgan fingerprint density at radius 1 is 1.14 bits per heavy atom. The van der Waals surface area contributed by atoms with E-state index in [1.54, 1.807) is 17.7 Å². The minimum Gasteiger partial charge on any atom is -0.379 e. The van der Waals surface area contributed by atoms with Crippen LogP contribution in [0.3, 0.4) is 0 Å². The van der Waals surface area contributed by atoms with Crippen LogP contribution in [0.2, 0.25) is 5.15 Å². The van der Waals surface area contributed by atoms with Gasteiger partial charge in [-0.05, 0) is 12.0 Å². The number of morpholine rings is 1. The number of ether oxygens (including phenoxy) is 1. The molecule has 2 aliphatic heterocycles. The zero-order chi connectivity index (χ0) is 14.9. The van der Waals surface area contributed by atoms with Gasteiger partial charge >= 0.3 is 0 Å². The molecule has 0 bridgehead atoms. The molecule has 0 aliphatic carbocycles. The molecule has 7 heteroatoms. The third-order valence-electron chi connectivity index (χ3n) is 4.51. The molecule has 0 spiro atoms. The van der Waals surface area contributed by atoms with E-state index in [1.807, 2.05) is 0 Å². The first kappa shape index (κ1) is 14.8. The molecule has 0 amide bonds. The van der Waals surface area contributed by atoms with Crippen molar-refractivity contribution in [3.8, 4) is 0 Å². The SMILES string of the molecule is Clc1ncnc2sc3c(c12)CCN(CCN1CCOCC1)C3. The molecule has 2 aromatic heterocycles. The molecule has 1 fully saturated rings. The Hall–Kier alpha value is -0.790. The van der Waals surface area contributed by atoms with E-state index in [1.165, 1.54) is 10.4 Å². The summed E-state index contributed by atoms with van der Waals surface area (Å²) in [4.78, 5) is 16.0. The van der Waals surface area contributed by atoms with Gasteiger partial charge in [-0.15, -0.1) is 11.3 Å². The summed E-state index contributed by atoms with van der Waals surface area (Å²) in [6.45, 7) is 8.22. The van der Waals surface area contributed by atoms with E-state index >= 15 is 0 Å². The summed E-state index contributed by atoms with van der Waals surface area (Å²) in [7, 11) is 0. The highest BCUT2D eigenvalue weighted by Crippen LogP contribution is 2.36. The Kier molecular flexibility index (Phi) is 4.28.